The number of carbonyl (C=O) groups excluding carboxylic acids is 1. The summed E-state index contributed by atoms with van der Waals surface area (Å²) in [5, 5.41) is 10.4. The minimum atomic E-state index is -0.476. The molecule has 1 aromatic heterocycles. The van der Waals surface area contributed by atoms with Gasteiger partial charge in [0.05, 0.1) is 19.6 Å². The fourth-order valence-corrected chi connectivity index (χ4v) is 2.54. The van der Waals surface area contributed by atoms with E-state index in [1.807, 2.05) is 0 Å². The molecule has 3 aromatic rings. The molecule has 0 atom stereocenters. The molecule has 0 aliphatic heterocycles. The Morgan fingerprint density at radius 2 is 1.69 bits per heavy atom. The van der Waals surface area contributed by atoms with Crippen LogP contribution < -0.4 is 19.6 Å². The molecule has 0 bridgehead atoms. The fourth-order valence-electron chi connectivity index (χ4n) is 2.54. The second-order valence-electron chi connectivity index (χ2n) is 5.46. The maximum atomic E-state index is 12.4. The second-order valence-corrected chi connectivity index (χ2v) is 5.46. The average Bonchev–Trinajstić information content (AvgIpc) is 2.61. The minimum absolute atomic E-state index is 0.154. The SMILES string of the molecule is COc1cc(-c2cc(=O)c3ccc(OC(C)=O)cc3o2)cc(OC)c1O. The Kier molecular flexibility index (Phi) is 4.53. The number of phenolic OH excluding ortho intramolecular Hbond substituents is 1. The Balaban J connectivity index is 2.19. The van der Waals surface area contributed by atoms with Crippen LogP contribution in [-0.2, 0) is 4.79 Å². The molecule has 0 fully saturated rings. The molecule has 0 unspecified atom stereocenters. The zero-order valence-electron chi connectivity index (χ0n) is 14.4. The van der Waals surface area contributed by atoms with E-state index in [-0.39, 0.29) is 39.8 Å². The first-order chi connectivity index (χ1) is 12.4. The molecule has 0 spiro atoms. The van der Waals surface area contributed by atoms with Crippen LogP contribution in [0, 0.1) is 0 Å². The molecule has 26 heavy (non-hydrogen) atoms. The molecule has 0 aliphatic rings. The number of phenols is 1. The zero-order chi connectivity index (χ0) is 18.8. The van der Waals surface area contributed by atoms with Crippen molar-refractivity contribution in [1.82, 2.24) is 0 Å². The van der Waals surface area contributed by atoms with E-state index >= 15 is 0 Å². The van der Waals surface area contributed by atoms with Gasteiger partial charge in [-0.1, -0.05) is 0 Å². The highest BCUT2D eigenvalue weighted by Gasteiger charge is 2.15. The molecule has 1 heterocycles. The number of hydrogen-bond acceptors (Lipinski definition) is 7. The molecule has 1 N–H and O–H groups in total. The first-order valence-corrected chi connectivity index (χ1v) is 7.64. The Bertz CT molecular complexity index is 1020. The van der Waals surface area contributed by atoms with E-state index in [9.17, 15) is 14.7 Å². The van der Waals surface area contributed by atoms with E-state index in [1.54, 1.807) is 0 Å². The van der Waals surface area contributed by atoms with E-state index in [4.69, 9.17) is 18.6 Å². The standard InChI is InChI=1S/C19H16O7/c1-10(20)25-12-4-5-13-14(21)9-15(26-16(13)8-12)11-6-17(23-2)19(22)18(7-11)24-3/h4-9,22H,1-3H3. The Labute approximate surface area is 148 Å². The third kappa shape index (κ3) is 3.19. The summed E-state index contributed by atoms with van der Waals surface area (Å²) in [6.45, 7) is 1.28. The third-order valence-corrected chi connectivity index (χ3v) is 3.73. The average molecular weight is 356 g/mol. The molecular formula is C19H16O7. The van der Waals surface area contributed by atoms with Crippen molar-refractivity contribution in [2.75, 3.05) is 14.2 Å². The molecule has 0 radical (unpaired) electrons. The van der Waals surface area contributed by atoms with Crippen LogP contribution in [0.3, 0.4) is 0 Å². The van der Waals surface area contributed by atoms with Crippen LogP contribution in [0.4, 0.5) is 0 Å². The molecule has 7 nitrogen and oxygen atoms in total. The largest absolute Gasteiger partial charge is 0.502 e. The van der Waals surface area contributed by atoms with Gasteiger partial charge in [0.2, 0.25) is 5.75 Å². The zero-order valence-corrected chi connectivity index (χ0v) is 14.4. The number of carbonyl (C=O) groups is 1. The molecular weight excluding hydrogens is 340 g/mol. The maximum absolute atomic E-state index is 12.4. The first kappa shape index (κ1) is 17.3. The van der Waals surface area contributed by atoms with Gasteiger partial charge in [-0.25, -0.2) is 0 Å². The molecule has 7 heteroatoms. The van der Waals surface area contributed by atoms with Crippen molar-refractivity contribution in [3.8, 4) is 34.3 Å². The lowest BCUT2D eigenvalue weighted by Crippen LogP contribution is -2.03. The van der Waals surface area contributed by atoms with Gasteiger partial charge in [-0.15, -0.1) is 0 Å². The molecule has 0 saturated heterocycles. The van der Waals surface area contributed by atoms with Crippen LogP contribution in [0.25, 0.3) is 22.3 Å². The summed E-state index contributed by atoms with van der Waals surface area (Å²) in [4.78, 5) is 23.5. The van der Waals surface area contributed by atoms with Crippen LogP contribution in [0.1, 0.15) is 6.92 Å². The molecule has 0 amide bonds. The summed E-state index contributed by atoms with van der Waals surface area (Å²) in [5.74, 6) is 0.242. The van der Waals surface area contributed by atoms with E-state index in [2.05, 4.69) is 0 Å². The highest BCUT2D eigenvalue weighted by Crippen LogP contribution is 2.40. The maximum Gasteiger partial charge on any atom is 0.308 e. The smallest absolute Gasteiger partial charge is 0.308 e. The lowest BCUT2D eigenvalue weighted by atomic mass is 10.1. The number of rotatable bonds is 4. The van der Waals surface area contributed by atoms with Crippen molar-refractivity contribution in [2.45, 2.75) is 6.92 Å². The van der Waals surface area contributed by atoms with Gasteiger partial charge in [-0.2, -0.15) is 0 Å². The van der Waals surface area contributed by atoms with Crippen molar-refractivity contribution in [1.29, 1.82) is 0 Å². The normalized spacial score (nSPS) is 10.6. The van der Waals surface area contributed by atoms with E-state index in [0.717, 1.165) is 0 Å². The number of ether oxygens (including phenoxy) is 3. The molecule has 2 aromatic carbocycles. The van der Waals surface area contributed by atoms with Crippen molar-refractivity contribution in [3.05, 3.63) is 46.6 Å². The molecule has 0 aliphatic carbocycles. The predicted molar refractivity (Wildman–Crippen MR) is 94.0 cm³/mol. The Morgan fingerprint density at radius 1 is 1.04 bits per heavy atom. The van der Waals surface area contributed by atoms with Gasteiger partial charge in [0, 0.05) is 24.6 Å². The third-order valence-electron chi connectivity index (χ3n) is 3.73. The van der Waals surface area contributed by atoms with Gasteiger partial charge in [0.25, 0.3) is 0 Å². The highest BCUT2D eigenvalue weighted by atomic mass is 16.5. The van der Waals surface area contributed by atoms with E-state index in [0.29, 0.717) is 10.9 Å². The van der Waals surface area contributed by atoms with Gasteiger partial charge in [-0.05, 0) is 24.3 Å². The summed E-state index contributed by atoms with van der Waals surface area (Å²) in [6.07, 6.45) is 0. The summed E-state index contributed by atoms with van der Waals surface area (Å²) in [7, 11) is 2.81. The van der Waals surface area contributed by atoms with Gasteiger partial charge in [-0.3, -0.25) is 9.59 Å². The van der Waals surface area contributed by atoms with Gasteiger partial charge < -0.3 is 23.7 Å². The monoisotopic (exact) mass is 356 g/mol. The van der Waals surface area contributed by atoms with Crippen LogP contribution in [-0.4, -0.2) is 25.3 Å². The molecule has 3 rings (SSSR count). The van der Waals surface area contributed by atoms with E-state index < -0.39 is 5.97 Å². The summed E-state index contributed by atoms with van der Waals surface area (Å²) in [6, 6.07) is 8.90. The van der Waals surface area contributed by atoms with Crippen LogP contribution in [0.15, 0.2) is 45.6 Å². The van der Waals surface area contributed by atoms with Crippen molar-refractivity contribution in [2.24, 2.45) is 0 Å². The van der Waals surface area contributed by atoms with Gasteiger partial charge in [0.1, 0.15) is 17.1 Å². The number of aromatic hydroxyl groups is 1. The Hall–Kier alpha value is -3.48. The minimum Gasteiger partial charge on any atom is -0.502 e. The Morgan fingerprint density at radius 3 is 2.27 bits per heavy atom. The summed E-state index contributed by atoms with van der Waals surface area (Å²) >= 11 is 0. The number of methoxy groups -OCH3 is 2. The number of esters is 1. The summed E-state index contributed by atoms with van der Waals surface area (Å²) in [5.41, 5.74) is 0.479. The van der Waals surface area contributed by atoms with E-state index in [1.165, 1.54) is 57.5 Å². The molecule has 0 saturated carbocycles. The predicted octanol–water partition coefficient (Wildman–Crippen LogP) is 3.11. The van der Waals surface area contributed by atoms with Crippen molar-refractivity contribution >= 4 is 16.9 Å². The van der Waals surface area contributed by atoms with Crippen molar-refractivity contribution < 1.29 is 28.5 Å². The molecule has 134 valence electrons. The number of fused-ring (bicyclic) bond motifs is 1. The van der Waals surface area contributed by atoms with Crippen molar-refractivity contribution in [3.63, 3.8) is 0 Å². The summed E-state index contributed by atoms with van der Waals surface area (Å²) < 4.78 is 21.1. The number of hydrogen-bond donors (Lipinski definition) is 1. The van der Waals surface area contributed by atoms with Crippen LogP contribution in [0.2, 0.25) is 0 Å². The quantitative estimate of drug-likeness (QED) is 0.567. The highest BCUT2D eigenvalue weighted by molar-refractivity contribution is 5.81. The topological polar surface area (TPSA) is 95.2 Å². The van der Waals surface area contributed by atoms with Crippen LogP contribution >= 0.6 is 0 Å². The van der Waals surface area contributed by atoms with Gasteiger partial charge >= 0.3 is 5.97 Å². The van der Waals surface area contributed by atoms with Crippen LogP contribution in [0.5, 0.6) is 23.0 Å². The fraction of sp³-hybridized carbons (Fsp3) is 0.158. The number of benzene rings is 2. The first-order valence-electron chi connectivity index (χ1n) is 7.64. The lowest BCUT2D eigenvalue weighted by Gasteiger charge is -2.11. The second kappa shape index (κ2) is 6.79. The van der Waals surface area contributed by atoms with Gasteiger partial charge in [0.15, 0.2) is 16.9 Å². The lowest BCUT2D eigenvalue weighted by molar-refractivity contribution is -0.131.